The van der Waals surface area contributed by atoms with Crippen LogP contribution in [0.2, 0.25) is 0 Å². The summed E-state index contributed by atoms with van der Waals surface area (Å²) in [4.78, 5) is 0. The molecular weight excluding hydrogens is 634 g/mol. The molecule has 0 fully saturated rings. The van der Waals surface area contributed by atoms with E-state index in [-0.39, 0.29) is 0 Å². The van der Waals surface area contributed by atoms with Gasteiger partial charge in [-0.15, -0.1) is 0 Å². The number of rotatable bonds is 5. The van der Waals surface area contributed by atoms with Gasteiger partial charge in [0.1, 0.15) is 0 Å². The molecule has 8 heteroatoms. The molecule has 220 valence electrons. The zero-order chi connectivity index (χ0) is 30.6. The second-order valence-electron chi connectivity index (χ2n) is 11.0. The fourth-order valence-electron chi connectivity index (χ4n) is 5.64. The number of benzene rings is 6. The summed E-state index contributed by atoms with van der Waals surface area (Å²) in [7, 11) is 0. The average Bonchev–Trinajstić information content (AvgIpc) is 3.62. The standard InChI is InChI=1S/C37H27O4P2S2/c1-25-9-6-10-26(19-25)29-20-30(27-11-7-13-32(23-27)42(44)38-34-15-2-3-16-35(34)39-42)22-31(21-29)28-12-8-14-33(24-28)43(45)40-36-17-4-5-18-37(36)41-43/h2-24,44H,1H3/q+1. The van der Waals surface area contributed by atoms with Crippen LogP contribution in [0.15, 0.2) is 140 Å². The highest BCUT2D eigenvalue weighted by molar-refractivity contribution is 8.52. The molecule has 6 aromatic carbocycles. The Kier molecular flexibility index (Phi) is 7.00. The number of fused-ring (bicyclic) bond motifs is 2. The third kappa shape index (κ3) is 5.32. The van der Waals surface area contributed by atoms with E-state index >= 15 is 0 Å². The zero-order valence-corrected chi connectivity index (χ0v) is 27.7. The Morgan fingerprint density at radius 2 is 1.00 bits per heavy atom. The monoisotopic (exact) mass is 661 g/mol. The minimum absolute atomic E-state index is 0.693. The maximum atomic E-state index is 6.29. The second kappa shape index (κ2) is 11.1. The molecule has 8 rings (SSSR count). The van der Waals surface area contributed by atoms with Crippen LogP contribution in [-0.4, -0.2) is 0 Å². The fourth-order valence-corrected chi connectivity index (χ4v) is 10.7. The number of para-hydroxylation sites is 4. The van der Waals surface area contributed by atoms with E-state index in [1.807, 2.05) is 72.8 Å². The first-order chi connectivity index (χ1) is 21.9. The van der Waals surface area contributed by atoms with Gasteiger partial charge in [-0.1, -0.05) is 78.4 Å². The first kappa shape index (κ1) is 28.4. The Bertz CT molecular complexity index is 2110. The summed E-state index contributed by atoms with van der Waals surface area (Å²) >= 11 is 11.0. The molecule has 0 radical (unpaired) electrons. The van der Waals surface area contributed by atoms with Crippen molar-refractivity contribution in [3.63, 3.8) is 0 Å². The van der Waals surface area contributed by atoms with Gasteiger partial charge >= 0.3 is 13.4 Å². The van der Waals surface area contributed by atoms with Crippen LogP contribution in [0.5, 0.6) is 23.0 Å². The highest BCUT2D eigenvalue weighted by Gasteiger charge is 2.51. The van der Waals surface area contributed by atoms with Gasteiger partial charge in [0.2, 0.25) is 11.5 Å². The van der Waals surface area contributed by atoms with Crippen molar-refractivity contribution in [3.05, 3.63) is 145 Å². The van der Waals surface area contributed by atoms with E-state index < -0.39 is 13.4 Å². The van der Waals surface area contributed by atoms with Gasteiger partial charge in [0, 0.05) is 0 Å². The molecule has 0 saturated carbocycles. The summed E-state index contributed by atoms with van der Waals surface area (Å²) in [5.41, 5.74) is 7.66. The first-order valence-corrected chi connectivity index (χ1v) is 19.9. The van der Waals surface area contributed by atoms with E-state index in [1.165, 1.54) is 5.56 Å². The minimum atomic E-state index is -2.75. The largest absolute Gasteiger partial charge is 0.452 e. The molecule has 6 aromatic rings. The van der Waals surface area contributed by atoms with Gasteiger partial charge in [-0.05, 0) is 119 Å². The van der Waals surface area contributed by atoms with Crippen molar-refractivity contribution in [3.8, 4) is 56.4 Å². The van der Waals surface area contributed by atoms with Crippen molar-refractivity contribution >= 4 is 48.1 Å². The lowest BCUT2D eigenvalue weighted by Gasteiger charge is -2.17. The Labute approximate surface area is 273 Å². The van der Waals surface area contributed by atoms with E-state index in [1.54, 1.807) is 0 Å². The molecule has 0 bridgehead atoms. The molecule has 0 spiro atoms. The normalized spacial score (nSPS) is 15.2. The van der Waals surface area contributed by atoms with E-state index in [2.05, 4.69) is 73.7 Å². The maximum absolute atomic E-state index is 6.29. The molecule has 0 atom stereocenters. The molecule has 4 nitrogen and oxygen atoms in total. The third-order valence-electron chi connectivity index (χ3n) is 7.87. The first-order valence-electron chi connectivity index (χ1n) is 14.5. The number of hydrogen-bond donors (Lipinski definition) is 1. The van der Waals surface area contributed by atoms with Crippen LogP contribution in [-0.2, 0) is 11.8 Å². The average molecular weight is 662 g/mol. The van der Waals surface area contributed by atoms with Crippen molar-refractivity contribution in [1.82, 2.24) is 0 Å². The van der Waals surface area contributed by atoms with Gasteiger partial charge in [-0.3, -0.25) is 9.05 Å². The predicted octanol–water partition coefficient (Wildman–Crippen LogP) is 10.2. The highest BCUT2D eigenvalue weighted by atomic mass is 32.7. The van der Waals surface area contributed by atoms with Crippen LogP contribution in [0.4, 0.5) is 0 Å². The summed E-state index contributed by atoms with van der Waals surface area (Å²) in [5, 5.41) is 1.78. The number of aryl methyl sites for hydroxylation is 1. The van der Waals surface area contributed by atoms with Crippen LogP contribution in [0.1, 0.15) is 5.56 Å². The summed E-state index contributed by atoms with van der Waals surface area (Å²) in [6.07, 6.45) is 0. The van der Waals surface area contributed by atoms with E-state index in [0.29, 0.717) is 11.5 Å². The van der Waals surface area contributed by atoms with Gasteiger partial charge in [-0.25, -0.2) is 0 Å². The van der Waals surface area contributed by atoms with Gasteiger partial charge in [-0.2, -0.15) is 0 Å². The van der Waals surface area contributed by atoms with Gasteiger partial charge in [0.25, 0.3) is 0 Å². The fraction of sp³-hybridized carbons (Fsp3) is 0.0270. The number of thiol groups is 1. The predicted molar refractivity (Wildman–Crippen MR) is 192 cm³/mol. The second-order valence-corrected chi connectivity index (χ2v) is 17.9. The summed E-state index contributed by atoms with van der Waals surface area (Å²) in [6, 6.07) is 47.2. The molecule has 0 saturated heterocycles. The molecule has 0 amide bonds. The van der Waals surface area contributed by atoms with Crippen molar-refractivity contribution in [2.24, 2.45) is 0 Å². The van der Waals surface area contributed by atoms with E-state index in [4.69, 9.17) is 42.2 Å². The molecule has 2 heterocycles. The molecule has 0 aromatic heterocycles. The van der Waals surface area contributed by atoms with Crippen LogP contribution < -0.4 is 28.7 Å². The van der Waals surface area contributed by atoms with E-state index in [9.17, 15) is 0 Å². The lowest BCUT2D eigenvalue weighted by molar-refractivity contribution is 0.580. The Morgan fingerprint density at radius 3 is 1.58 bits per heavy atom. The quantitative estimate of drug-likeness (QED) is 0.147. The molecule has 0 aliphatic carbocycles. The van der Waals surface area contributed by atoms with Crippen molar-refractivity contribution < 1.29 is 18.1 Å². The number of hydrogen-bond acceptors (Lipinski definition) is 6. The molecule has 45 heavy (non-hydrogen) atoms. The highest BCUT2D eigenvalue weighted by Crippen LogP contribution is 2.69. The van der Waals surface area contributed by atoms with Crippen molar-refractivity contribution in [2.75, 3.05) is 0 Å². The third-order valence-corrected chi connectivity index (χ3v) is 13.7. The van der Waals surface area contributed by atoms with Gasteiger partial charge in [0.15, 0.2) is 16.8 Å². The Hall–Kier alpha value is -4.05. The summed E-state index contributed by atoms with van der Waals surface area (Å²) < 4.78 is 25.1. The lowest BCUT2D eigenvalue weighted by atomic mass is 9.93. The molecule has 2 aliphatic rings. The van der Waals surface area contributed by atoms with Crippen molar-refractivity contribution in [1.29, 1.82) is 0 Å². The lowest BCUT2D eigenvalue weighted by Crippen LogP contribution is -2.12. The Morgan fingerprint density at radius 1 is 0.511 bits per heavy atom. The van der Waals surface area contributed by atoms with Crippen LogP contribution >= 0.6 is 25.7 Å². The van der Waals surface area contributed by atoms with E-state index in [0.717, 1.165) is 55.5 Å². The molecular formula is C37H27O4P2S2+. The Balaban J connectivity index is 1.22. The summed E-state index contributed by atoms with van der Waals surface area (Å²) in [5.74, 6) is 2.82. The van der Waals surface area contributed by atoms with Crippen LogP contribution in [0, 0.1) is 6.92 Å². The topological polar surface area (TPSA) is 36.9 Å². The van der Waals surface area contributed by atoms with Crippen LogP contribution in [0.3, 0.4) is 0 Å². The maximum Gasteiger partial charge on any atom is 0.452 e. The van der Waals surface area contributed by atoms with Gasteiger partial charge in [0.05, 0.1) is 17.6 Å². The minimum Gasteiger partial charge on any atom is -0.428 e. The molecule has 0 N–H and O–H groups in total. The SMILES string of the molecule is Cc1cccc(-c2cc(-c3cccc(P4(=S)Oc5ccccc5O4)c3)cc(-c3cccc([P+]4(S)Oc5ccccc5O4)c3)c2)c1. The zero-order valence-electron chi connectivity index (χ0n) is 24.2. The van der Waals surface area contributed by atoms with Gasteiger partial charge < -0.3 is 9.05 Å². The van der Waals surface area contributed by atoms with Crippen molar-refractivity contribution in [2.45, 2.75) is 6.92 Å². The van der Waals surface area contributed by atoms with Crippen LogP contribution in [0.25, 0.3) is 33.4 Å². The molecule has 2 aliphatic heterocycles. The molecule has 0 unspecified atom stereocenters. The summed E-state index contributed by atoms with van der Waals surface area (Å²) in [6.45, 7) is -3.27. The smallest absolute Gasteiger partial charge is 0.428 e.